The third-order valence-corrected chi connectivity index (χ3v) is 10.1. The van der Waals surface area contributed by atoms with Crippen LogP contribution in [0, 0.1) is 36.5 Å². The summed E-state index contributed by atoms with van der Waals surface area (Å²) in [6.45, 7) is 11.2. The Morgan fingerprint density at radius 3 is 2.64 bits per heavy atom. The van der Waals surface area contributed by atoms with E-state index in [0.29, 0.717) is 18.1 Å². The van der Waals surface area contributed by atoms with Gasteiger partial charge in [0.2, 0.25) is 5.91 Å². The highest BCUT2D eigenvalue weighted by atomic mass is 32.1. The molecule has 1 spiro atoms. The maximum absolute atomic E-state index is 12.8. The Bertz CT molecular complexity index is 1710. The number of aryl methyl sites for hydroxylation is 3. The first-order valence-corrected chi connectivity index (χ1v) is 15.5. The Kier molecular flexibility index (Phi) is 6.48. The lowest BCUT2D eigenvalue weighted by Crippen LogP contribution is -2.73. The number of aromatic nitrogens is 3. The van der Waals surface area contributed by atoms with E-state index in [1.54, 1.807) is 0 Å². The molecule has 3 saturated heterocycles. The van der Waals surface area contributed by atoms with Gasteiger partial charge in [-0.05, 0) is 38.3 Å². The Hall–Kier alpha value is -3.94. The normalized spacial score (nSPS) is 19.2. The van der Waals surface area contributed by atoms with E-state index in [1.165, 1.54) is 28.2 Å². The van der Waals surface area contributed by atoms with Crippen molar-refractivity contribution in [3.63, 3.8) is 0 Å². The van der Waals surface area contributed by atoms with Gasteiger partial charge in [0.05, 0.1) is 29.4 Å². The smallest absolute Gasteiger partial charge is 0.228 e. The first-order valence-electron chi connectivity index (χ1n) is 14.6. The molecule has 0 unspecified atom stereocenters. The number of nitrogens with zero attached hydrogens (tertiary/aromatic N) is 7. The lowest BCUT2D eigenvalue weighted by atomic mass is 9.72. The summed E-state index contributed by atoms with van der Waals surface area (Å²) in [6.07, 6.45) is 3.74. The van der Waals surface area contributed by atoms with Crippen molar-refractivity contribution in [2.75, 3.05) is 56.2 Å². The number of hydrogen-bond acceptors (Lipinski definition) is 8. The number of carbonyl (C=O) groups excluding carboxylic acids is 1. The molecule has 42 heavy (non-hydrogen) atoms. The molecule has 6 heterocycles. The van der Waals surface area contributed by atoms with Crippen LogP contribution < -0.4 is 9.80 Å². The van der Waals surface area contributed by atoms with Gasteiger partial charge in [-0.3, -0.25) is 4.79 Å². The number of anilines is 3. The zero-order chi connectivity index (χ0) is 29.2. The van der Waals surface area contributed by atoms with Crippen LogP contribution in [0.3, 0.4) is 0 Å². The summed E-state index contributed by atoms with van der Waals surface area (Å²) in [5.41, 5.74) is 8.44. The number of thiazole rings is 1. The second-order valence-electron chi connectivity index (χ2n) is 12.1. The molecule has 1 aromatic carbocycles. The molecule has 0 radical (unpaired) electrons. The third-order valence-electron chi connectivity index (χ3n) is 9.02. The lowest BCUT2D eigenvalue weighted by Gasteiger charge is -2.61. The summed E-state index contributed by atoms with van der Waals surface area (Å²) in [7, 11) is 2.02. The minimum Gasteiger partial charge on any atom is -0.381 e. The molecule has 10 heteroatoms. The summed E-state index contributed by atoms with van der Waals surface area (Å²) in [5, 5.41) is 15.6. The zero-order valence-electron chi connectivity index (χ0n) is 24.6. The molecule has 3 aromatic heterocycles. The van der Waals surface area contributed by atoms with Crippen LogP contribution in [-0.4, -0.2) is 71.8 Å². The van der Waals surface area contributed by atoms with Crippen molar-refractivity contribution in [3.05, 3.63) is 58.2 Å². The molecule has 7 rings (SSSR count). The maximum atomic E-state index is 12.8. The zero-order valence-corrected chi connectivity index (χ0v) is 25.4. The van der Waals surface area contributed by atoms with Crippen LogP contribution in [0.25, 0.3) is 16.8 Å². The molecule has 1 amide bonds. The predicted molar refractivity (Wildman–Crippen MR) is 165 cm³/mol. The number of pyridine rings is 1. The molecule has 0 N–H and O–H groups in total. The monoisotopic (exact) mass is 581 g/mol. The Morgan fingerprint density at radius 2 is 1.98 bits per heavy atom. The van der Waals surface area contributed by atoms with Gasteiger partial charge in [-0.2, -0.15) is 10.4 Å². The molecule has 0 bridgehead atoms. The van der Waals surface area contributed by atoms with Gasteiger partial charge in [0.1, 0.15) is 16.6 Å². The lowest BCUT2D eigenvalue weighted by molar-refractivity contribution is -0.149. The molecule has 3 fully saturated rings. The largest absolute Gasteiger partial charge is 0.381 e. The van der Waals surface area contributed by atoms with Gasteiger partial charge in [-0.1, -0.05) is 48.1 Å². The number of likely N-dealkylation sites (tertiary alicyclic amines) is 1. The summed E-state index contributed by atoms with van der Waals surface area (Å²) >= 11 is 1.41. The van der Waals surface area contributed by atoms with Crippen molar-refractivity contribution in [2.24, 2.45) is 11.3 Å². The highest BCUT2D eigenvalue weighted by Gasteiger charge is 2.54. The van der Waals surface area contributed by atoms with Crippen molar-refractivity contribution in [2.45, 2.75) is 33.6 Å². The van der Waals surface area contributed by atoms with Crippen molar-refractivity contribution < 1.29 is 9.53 Å². The SMILES string of the molecule is CCc1nn2cc(C)c(N3CC4(CN(C(=O)[C@@H]5CCOC5)C4)C3)cc2c1N(C)c1nc(-c2ccc(C)cc2)c(C#N)s1. The number of hydrogen-bond donors (Lipinski definition) is 0. The number of nitriles is 1. The van der Waals surface area contributed by atoms with E-state index in [2.05, 4.69) is 48.9 Å². The number of fused-ring (bicyclic) bond motifs is 1. The molecule has 1 atom stereocenters. The second kappa shape index (κ2) is 10.1. The summed E-state index contributed by atoms with van der Waals surface area (Å²) < 4.78 is 7.41. The molecular formula is C32H35N7O2S. The van der Waals surface area contributed by atoms with Crippen LogP contribution in [-0.2, 0) is 16.0 Å². The Balaban J connectivity index is 1.15. The minimum absolute atomic E-state index is 0.0447. The van der Waals surface area contributed by atoms with Crippen LogP contribution >= 0.6 is 11.3 Å². The Labute approximate surface area is 249 Å². The van der Waals surface area contributed by atoms with E-state index in [0.717, 1.165) is 72.3 Å². The topological polar surface area (TPSA) is 90.0 Å². The van der Waals surface area contributed by atoms with E-state index in [9.17, 15) is 10.1 Å². The van der Waals surface area contributed by atoms with Gasteiger partial charge in [0.15, 0.2) is 5.13 Å². The number of carbonyl (C=O) groups is 1. The molecule has 0 saturated carbocycles. The molecule has 9 nitrogen and oxygen atoms in total. The highest BCUT2D eigenvalue weighted by Crippen LogP contribution is 2.45. The van der Waals surface area contributed by atoms with Gasteiger partial charge in [-0.15, -0.1) is 0 Å². The summed E-state index contributed by atoms with van der Waals surface area (Å²) in [4.78, 5) is 24.9. The summed E-state index contributed by atoms with van der Waals surface area (Å²) in [6, 6.07) is 12.8. The van der Waals surface area contributed by atoms with Crippen LogP contribution in [0.5, 0.6) is 0 Å². The predicted octanol–water partition coefficient (Wildman–Crippen LogP) is 4.96. The molecule has 3 aliphatic rings. The van der Waals surface area contributed by atoms with Gasteiger partial charge < -0.3 is 19.4 Å². The number of benzene rings is 1. The van der Waals surface area contributed by atoms with Crippen molar-refractivity contribution in [1.82, 2.24) is 19.5 Å². The molecule has 0 aliphatic carbocycles. The molecule has 216 valence electrons. The summed E-state index contributed by atoms with van der Waals surface area (Å²) in [5.74, 6) is 0.309. The number of amides is 1. The van der Waals surface area contributed by atoms with Gasteiger partial charge >= 0.3 is 0 Å². The van der Waals surface area contributed by atoms with Gasteiger partial charge in [0, 0.05) is 62.7 Å². The molecule has 4 aromatic rings. The van der Waals surface area contributed by atoms with Crippen molar-refractivity contribution in [3.8, 4) is 17.3 Å². The number of ether oxygens (including phenoxy) is 1. The van der Waals surface area contributed by atoms with Crippen molar-refractivity contribution >= 4 is 39.3 Å². The van der Waals surface area contributed by atoms with E-state index >= 15 is 0 Å². The number of rotatable bonds is 6. The fourth-order valence-electron chi connectivity index (χ4n) is 6.73. The average Bonchev–Trinajstić information content (AvgIpc) is 3.70. The van der Waals surface area contributed by atoms with Crippen molar-refractivity contribution in [1.29, 1.82) is 5.26 Å². The van der Waals surface area contributed by atoms with Crippen LogP contribution in [0.1, 0.15) is 35.0 Å². The first-order chi connectivity index (χ1) is 20.3. The third kappa shape index (κ3) is 4.34. The van der Waals surface area contributed by atoms with E-state index in [4.69, 9.17) is 14.8 Å². The van der Waals surface area contributed by atoms with Crippen LogP contribution in [0.4, 0.5) is 16.5 Å². The van der Waals surface area contributed by atoms with Crippen LogP contribution in [0.15, 0.2) is 36.5 Å². The fraction of sp³-hybridized carbons (Fsp3) is 0.438. The highest BCUT2D eigenvalue weighted by molar-refractivity contribution is 7.16. The first kappa shape index (κ1) is 26.9. The van der Waals surface area contributed by atoms with Crippen LogP contribution in [0.2, 0.25) is 0 Å². The quantitative estimate of drug-likeness (QED) is 0.318. The molecular weight excluding hydrogens is 546 g/mol. The average molecular weight is 582 g/mol. The molecule has 3 aliphatic heterocycles. The van der Waals surface area contributed by atoms with E-state index in [1.807, 2.05) is 40.7 Å². The standard InChI is InChI=1S/C32H35N7O2S/c1-5-24-29(36(4)31-34-28(27(13-33)42-31)22-8-6-20(2)7-9-22)26-12-25(21(3)14-39(26)35-24)37-16-32(17-37)18-38(19-32)30(40)23-10-11-41-15-23/h6-9,12,14,23H,5,10-11,15-19H2,1-4H3/t23-/m1/s1. The van der Waals surface area contributed by atoms with E-state index in [-0.39, 0.29) is 17.2 Å². The minimum atomic E-state index is 0.0447. The van der Waals surface area contributed by atoms with Gasteiger partial charge in [0.25, 0.3) is 0 Å². The Morgan fingerprint density at radius 1 is 1.21 bits per heavy atom. The van der Waals surface area contributed by atoms with E-state index < -0.39 is 0 Å². The second-order valence-corrected chi connectivity index (χ2v) is 13.1. The van der Waals surface area contributed by atoms with Gasteiger partial charge in [-0.25, -0.2) is 9.50 Å². The maximum Gasteiger partial charge on any atom is 0.228 e. The fourth-order valence-corrected chi connectivity index (χ4v) is 7.58.